The molecule has 0 aromatic carbocycles. The Hall–Kier alpha value is -1.64. The number of carbonyl (C=O) groups is 1. The molecule has 26 heavy (non-hydrogen) atoms. The molecule has 2 saturated heterocycles. The number of carbonyl (C=O) groups excluding carboxylic acids is 1. The predicted octanol–water partition coefficient (Wildman–Crippen LogP) is 2.91. The highest BCUT2D eigenvalue weighted by atomic mass is 32.2. The van der Waals surface area contributed by atoms with Crippen molar-refractivity contribution in [1.82, 2.24) is 20.1 Å². The molecule has 7 nitrogen and oxygen atoms in total. The fourth-order valence-corrected chi connectivity index (χ4v) is 4.06. The average Bonchev–Trinajstić information content (AvgIpc) is 2.93. The van der Waals surface area contributed by atoms with Gasteiger partial charge in [-0.25, -0.2) is 14.2 Å². The topological polar surface area (TPSA) is 71.5 Å². The highest BCUT2D eigenvalue weighted by Crippen LogP contribution is 2.40. The van der Waals surface area contributed by atoms with Gasteiger partial charge in [-0.3, -0.25) is 4.90 Å². The molecule has 3 rings (SSSR count). The molecule has 1 amide bonds. The number of hydrogen-bond acceptors (Lipinski definition) is 7. The van der Waals surface area contributed by atoms with E-state index in [1.54, 1.807) is 16.0 Å². The molecule has 3 heterocycles. The molecule has 2 fully saturated rings. The van der Waals surface area contributed by atoms with Crippen LogP contribution in [-0.4, -0.2) is 69.4 Å². The Labute approximate surface area is 157 Å². The van der Waals surface area contributed by atoms with E-state index in [1.165, 1.54) is 11.8 Å². The van der Waals surface area contributed by atoms with Gasteiger partial charge in [-0.05, 0) is 46.3 Å². The first-order valence-corrected chi connectivity index (χ1v) is 10.1. The van der Waals surface area contributed by atoms with E-state index in [2.05, 4.69) is 15.2 Å². The second-order valence-corrected chi connectivity index (χ2v) is 8.62. The molecule has 2 aliphatic rings. The van der Waals surface area contributed by atoms with Gasteiger partial charge in [-0.2, -0.15) is 0 Å². The summed E-state index contributed by atoms with van der Waals surface area (Å²) >= 11 is 1.41. The van der Waals surface area contributed by atoms with Crippen molar-refractivity contribution >= 4 is 23.7 Å². The Morgan fingerprint density at radius 1 is 1.38 bits per heavy atom. The van der Waals surface area contributed by atoms with Crippen LogP contribution < -0.4 is 4.90 Å². The lowest BCUT2D eigenvalue weighted by Crippen LogP contribution is -2.59. The maximum absolute atomic E-state index is 15.3. The lowest BCUT2D eigenvalue weighted by molar-refractivity contribution is -0.0104. The average molecular weight is 383 g/mol. The number of ether oxygens (including phenoxy) is 1. The Bertz CT molecular complexity index is 654. The molecule has 1 aromatic heterocycles. The van der Waals surface area contributed by atoms with Crippen LogP contribution in [0, 0.1) is 0 Å². The molecule has 9 heteroatoms. The number of halogens is 1. The van der Waals surface area contributed by atoms with Crippen molar-refractivity contribution in [2.75, 3.05) is 18.2 Å². The number of nitrogens with zero attached hydrogens (tertiary/aromatic N) is 5. The van der Waals surface area contributed by atoms with Crippen molar-refractivity contribution < 1.29 is 13.9 Å². The number of amides is 1. The van der Waals surface area contributed by atoms with Gasteiger partial charge in [-0.15, -0.1) is 10.2 Å². The molecule has 1 aromatic rings. The van der Waals surface area contributed by atoms with Gasteiger partial charge in [0.2, 0.25) is 5.16 Å². The van der Waals surface area contributed by atoms with Gasteiger partial charge in [0.15, 0.2) is 5.82 Å². The van der Waals surface area contributed by atoms with Gasteiger partial charge in [-0.1, -0.05) is 11.8 Å². The summed E-state index contributed by atoms with van der Waals surface area (Å²) in [4.78, 5) is 20.2. The molecule has 0 radical (unpaired) electrons. The van der Waals surface area contributed by atoms with Gasteiger partial charge in [0, 0.05) is 13.1 Å². The molecule has 2 bridgehead atoms. The summed E-state index contributed by atoms with van der Waals surface area (Å²) in [6.07, 6.45) is 3.90. The van der Waals surface area contributed by atoms with E-state index in [4.69, 9.17) is 4.74 Å². The highest BCUT2D eigenvalue weighted by molar-refractivity contribution is 7.98. The first kappa shape index (κ1) is 19.1. The minimum atomic E-state index is -1.17. The van der Waals surface area contributed by atoms with Gasteiger partial charge >= 0.3 is 6.09 Å². The molecular formula is C17H26FN5O2S. The number of alkyl halides is 1. The molecule has 2 aliphatic heterocycles. The van der Waals surface area contributed by atoms with E-state index in [0.29, 0.717) is 23.8 Å². The Morgan fingerprint density at radius 2 is 2.12 bits per heavy atom. The lowest BCUT2D eigenvalue weighted by Gasteiger charge is -2.44. The fraction of sp³-hybridized carbons (Fsp3) is 0.765. The third-order valence-electron chi connectivity index (χ3n) is 4.97. The number of thioether (sulfide) groups is 1. The molecule has 0 saturated carbocycles. The lowest BCUT2D eigenvalue weighted by atomic mass is 9.94. The number of piperidine rings is 1. The first-order valence-electron chi connectivity index (χ1n) is 8.83. The zero-order valence-corrected chi connectivity index (χ0v) is 16.7. The molecular weight excluding hydrogens is 357 g/mol. The van der Waals surface area contributed by atoms with Crippen molar-refractivity contribution in [2.24, 2.45) is 0 Å². The van der Waals surface area contributed by atoms with Crippen LogP contribution in [0.25, 0.3) is 0 Å². The van der Waals surface area contributed by atoms with Gasteiger partial charge < -0.3 is 9.64 Å². The normalized spacial score (nSPS) is 28.2. The zero-order chi connectivity index (χ0) is 19.1. The van der Waals surface area contributed by atoms with Gasteiger partial charge in [0.1, 0.15) is 11.8 Å². The van der Waals surface area contributed by atoms with Crippen LogP contribution in [0.3, 0.4) is 0 Å². The monoisotopic (exact) mass is 383 g/mol. The van der Waals surface area contributed by atoms with Crippen molar-refractivity contribution in [3.8, 4) is 0 Å². The van der Waals surface area contributed by atoms with E-state index in [9.17, 15) is 4.79 Å². The first-order chi connectivity index (χ1) is 12.2. The van der Waals surface area contributed by atoms with Crippen molar-refractivity contribution in [3.63, 3.8) is 0 Å². The van der Waals surface area contributed by atoms with Crippen LogP contribution in [0.1, 0.15) is 40.0 Å². The fourth-order valence-electron chi connectivity index (χ4n) is 3.78. The van der Waals surface area contributed by atoms with Gasteiger partial charge in [0.25, 0.3) is 0 Å². The maximum Gasteiger partial charge on any atom is 0.410 e. The standard InChI is InChI=1S/C17H26FN5O2S/c1-17(2,3)25-16(24)23-10-6-7-11(23)14(18)12(8-10)22(4)13-9-19-15(26-5)21-20-13/h9-12,14H,6-8H2,1-5H3/t10-,11+,12-,14+/m0/s1. The largest absolute Gasteiger partial charge is 0.444 e. The van der Waals surface area contributed by atoms with Crippen LogP contribution >= 0.6 is 11.8 Å². The van der Waals surface area contributed by atoms with E-state index in [-0.39, 0.29) is 12.1 Å². The quantitative estimate of drug-likeness (QED) is 0.743. The number of anilines is 1. The Balaban J connectivity index is 1.74. The van der Waals surface area contributed by atoms with Crippen LogP contribution in [0.2, 0.25) is 0 Å². The van der Waals surface area contributed by atoms with Crippen molar-refractivity contribution in [3.05, 3.63) is 6.20 Å². The van der Waals surface area contributed by atoms with Crippen LogP contribution in [0.15, 0.2) is 11.4 Å². The minimum Gasteiger partial charge on any atom is -0.444 e. The summed E-state index contributed by atoms with van der Waals surface area (Å²) in [6.45, 7) is 5.47. The smallest absolute Gasteiger partial charge is 0.410 e. The minimum absolute atomic E-state index is 0.0133. The number of hydrogen-bond donors (Lipinski definition) is 0. The summed E-state index contributed by atoms with van der Waals surface area (Å²) < 4.78 is 20.8. The third kappa shape index (κ3) is 3.72. The second-order valence-electron chi connectivity index (χ2n) is 7.85. The molecule has 0 unspecified atom stereocenters. The predicted molar refractivity (Wildman–Crippen MR) is 98.2 cm³/mol. The van der Waals surface area contributed by atoms with Gasteiger partial charge in [0.05, 0.1) is 18.3 Å². The summed E-state index contributed by atoms with van der Waals surface area (Å²) in [5.41, 5.74) is -0.587. The van der Waals surface area contributed by atoms with E-state index in [1.807, 2.05) is 34.1 Å². The maximum atomic E-state index is 15.3. The number of rotatable bonds is 3. The highest BCUT2D eigenvalue weighted by Gasteiger charge is 2.52. The number of fused-ring (bicyclic) bond motifs is 2. The molecule has 4 atom stereocenters. The SMILES string of the molecule is CSc1ncc(N(C)[C@H]2C[C@@H]3CC[C@H]([C@H]2F)N3C(=O)OC(C)(C)C)nn1. The summed E-state index contributed by atoms with van der Waals surface area (Å²) in [5.74, 6) is 0.542. The Kier molecular flexibility index (Phi) is 5.28. The van der Waals surface area contributed by atoms with E-state index < -0.39 is 23.9 Å². The molecule has 144 valence electrons. The van der Waals surface area contributed by atoms with E-state index in [0.717, 1.165) is 6.42 Å². The van der Waals surface area contributed by atoms with Crippen LogP contribution in [0.5, 0.6) is 0 Å². The molecule has 0 aliphatic carbocycles. The Morgan fingerprint density at radius 3 is 2.69 bits per heavy atom. The molecule has 0 N–H and O–H groups in total. The van der Waals surface area contributed by atoms with Crippen molar-refractivity contribution in [1.29, 1.82) is 0 Å². The van der Waals surface area contributed by atoms with Crippen LogP contribution in [0.4, 0.5) is 15.0 Å². The summed E-state index contributed by atoms with van der Waals surface area (Å²) in [7, 11) is 1.81. The molecule has 0 spiro atoms. The summed E-state index contributed by atoms with van der Waals surface area (Å²) in [5, 5.41) is 8.76. The van der Waals surface area contributed by atoms with Crippen molar-refractivity contribution in [2.45, 2.75) is 75.1 Å². The third-order valence-corrected chi connectivity index (χ3v) is 5.52. The van der Waals surface area contributed by atoms with Crippen LogP contribution in [-0.2, 0) is 4.74 Å². The zero-order valence-electron chi connectivity index (χ0n) is 15.8. The number of aromatic nitrogens is 3. The van der Waals surface area contributed by atoms with E-state index >= 15 is 4.39 Å². The summed E-state index contributed by atoms with van der Waals surface area (Å²) in [6, 6.07) is -0.828. The second kappa shape index (κ2) is 7.17.